The average molecular weight is 427 g/mol. The minimum absolute atomic E-state index is 0.00571. The average Bonchev–Trinajstić information content (AvgIpc) is 2.69. The summed E-state index contributed by atoms with van der Waals surface area (Å²) in [4.78, 5) is 58.7. The van der Waals surface area contributed by atoms with Crippen molar-refractivity contribution in [2.75, 3.05) is 19.6 Å². The van der Waals surface area contributed by atoms with Crippen LogP contribution in [0.15, 0.2) is 0 Å². The van der Waals surface area contributed by atoms with Gasteiger partial charge in [0.2, 0.25) is 29.5 Å². The third-order valence-corrected chi connectivity index (χ3v) is 4.82. The summed E-state index contributed by atoms with van der Waals surface area (Å²) >= 11 is 0. The van der Waals surface area contributed by atoms with Crippen LogP contribution in [0.2, 0.25) is 0 Å². The van der Waals surface area contributed by atoms with Gasteiger partial charge in [0.25, 0.3) is 0 Å². The quantitative estimate of drug-likeness (QED) is 0.233. The van der Waals surface area contributed by atoms with Crippen molar-refractivity contribution in [1.82, 2.24) is 26.6 Å². The van der Waals surface area contributed by atoms with E-state index >= 15 is 0 Å². The van der Waals surface area contributed by atoms with Gasteiger partial charge >= 0.3 is 0 Å². The normalized spacial score (nSPS) is 19.4. The topological polar surface area (TPSA) is 172 Å². The first-order chi connectivity index (χ1) is 14.1. The molecule has 0 saturated heterocycles. The molecule has 0 aromatic heterocycles. The Kier molecular flexibility index (Phi) is 10.8. The van der Waals surface area contributed by atoms with Gasteiger partial charge in [-0.05, 0) is 31.6 Å². The molecule has 11 nitrogen and oxygen atoms in total. The van der Waals surface area contributed by atoms with Crippen LogP contribution in [0.1, 0.15) is 46.5 Å². The molecule has 11 heteroatoms. The maximum absolute atomic E-state index is 12.4. The molecule has 170 valence electrons. The van der Waals surface area contributed by atoms with Crippen molar-refractivity contribution in [3.63, 3.8) is 0 Å². The predicted octanol–water partition coefficient (Wildman–Crippen LogP) is -2.12. The minimum atomic E-state index is -0.840. The smallest absolute Gasteiger partial charge is 0.243 e. The number of carbonyl (C=O) groups is 5. The fraction of sp³-hybridized carbons (Fsp3) is 0.737. The zero-order valence-electron chi connectivity index (χ0n) is 17.9. The van der Waals surface area contributed by atoms with Crippen LogP contribution in [0.5, 0.6) is 0 Å². The summed E-state index contributed by atoms with van der Waals surface area (Å²) in [6.07, 6.45) is 3.09. The Bertz CT molecular complexity index is 631. The van der Waals surface area contributed by atoms with Crippen molar-refractivity contribution in [3.8, 4) is 0 Å². The Morgan fingerprint density at radius 2 is 1.37 bits per heavy atom. The lowest BCUT2D eigenvalue weighted by Gasteiger charge is -2.29. The zero-order chi connectivity index (χ0) is 22.7. The van der Waals surface area contributed by atoms with Crippen LogP contribution in [0, 0.1) is 5.92 Å². The third-order valence-electron chi connectivity index (χ3n) is 4.82. The van der Waals surface area contributed by atoms with E-state index in [0.29, 0.717) is 0 Å². The second-order valence-corrected chi connectivity index (χ2v) is 7.80. The third kappa shape index (κ3) is 9.68. The molecule has 0 bridgehead atoms. The highest BCUT2D eigenvalue weighted by Gasteiger charge is 2.26. The van der Waals surface area contributed by atoms with Gasteiger partial charge in [-0.15, -0.1) is 0 Å². The van der Waals surface area contributed by atoms with Crippen LogP contribution in [0.3, 0.4) is 0 Å². The Morgan fingerprint density at radius 1 is 0.833 bits per heavy atom. The molecule has 0 aliphatic heterocycles. The molecular formula is C19H34N6O5. The monoisotopic (exact) mass is 426 g/mol. The molecule has 0 heterocycles. The molecule has 1 aliphatic rings. The maximum atomic E-state index is 12.4. The van der Waals surface area contributed by atoms with E-state index in [1.165, 1.54) is 6.92 Å². The van der Waals surface area contributed by atoms with Crippen LogP contribution in [-0.4, -0.2) is 67.3 Å². The Hall–Kier alpha value is -2.69. The van der Waals surface area contributed by atoms with Crippen LogP contribution in [-0.2, 0) is 24.0 Å². The lowest BCUT2D eigenvalue weighted by atomic mass is 9.91. The van der Waals surface area contributed by atoms with E-state index in [2.05, 4.69) is 26.6 Å². The Morgan fingerprint density at radius 3 is 1.87 bits per heavy atom. The largest absolute Gasteiger partial charge is 0.354 e. The first kappa shape index (κ1) is 25.3. The van der Waals surface area contributed by atoms with E-state index in [1.807, 2.05) is 0 Å². The van der Waals surface area contributed by atoms with Crippen molar-refractivity contribution in [1.29, 1.82) is 0 Å². The lowest BCUT2D eigenvalue weighted by molar-refractivity contribution is -0.131. The second kappa shape index (κ2) is 12.8. The van der Waals surface area contributed by atoms with Crippen molar-refractivity contribution >= 4 is 29.5 Å². The molecule has 7 N–H and O–H groups in total. The molecule has 0 aromatic rings. The lowest BCUT2D eigenvalue weighted by Crippen LogP contribution is -2.54. The van der Waals surface area contributed by atoms with E-state index in [0.717, 1.165) is 25.7 Å². The maximum Gasteiger partial charge on any atom is 0.243 e. The molecule has 1 fully saturated rings. The molecule has 30 heavy (non-hydrogen) atoms. The van der Waals surface area contributed by atoms with E-state index in [-0.39, 0.29) is 49.5 Å². The Balaban J connectivity index is 2.39. The number of carbonyl (C=O) groups excluding carboxylic acids is 5. The van der Waals surface area contributed by atoms with Crippen molar-refractivity contribution in [3.05, 3.63) is 0 Å². The molecule has 1 rings (SSSR count). The molecular weight excluding hydrogens is 392 g/mol. The summed E-state index contributed by atoms with van der Waals surface area (Å²) < 4.78 is 0. The number of hydrogen-bond donors (Lipinski definition) is 6. The molecule has 0 spiro atoms. The van der Waals surface area contributed by atoms with Gasteiger partial charge in [0.15, 0.2) is 0 Å². The van der Waals surface area contributed by atoms with Gasteiger partial charge < -0.3 is 32.3 Å². The van der Waals surface area contributed by atoms with Gasteiger partial charge in [0.05, 0.1) is 19.6 Å². The van der Waals surface area contributed by atoms with Crippen molar-refractivity contribution in [2.45, 2.75) is 64.6 Å². The van der Waals surface area contributed by atoms with Crippen LogP contribution >= 0.6 is 0 Å². The van der Waals surface area contributed by atoms with Gasteiger partial charge in [-0.25, -0.2) is 0 Å². The highest BCUT2D eigenvalue weighted by molar-refractivity contribution is 5.92. The number of nitrogens with one attached hydrogen (secondary N) is 5. The van der Waals surface area contributed by atoms with Crippen LogP contribution in [0.4, 0.5) is 0 Å². The summed E-state index contributed by atoms with van der Waals surface area (Å²) in [7, 11) is 0. The number of hydrogen-bond acceptors (Lipinski definition) is 6. The molecule has 0 unspecified atom stereocenters. The van der Waals surface area contributed by atoms with Crippen LogP contribution in [0.25, 0.3) is 0 Å². The minimum Gasteiger partial charge on any atom is -0.354 e. The summed E-state index contributed by atoms with van der Waals surface area (Å²) in [6, 6.07) is -0.695. The first-order valence-electron chi connectivity index (χ1n) is 10.2. The van der Waals surface area contributed by atoms with Crippen molar-refractivity contribution < 1.29 is 24.0 Å². The molecule has 5 amide bonds. The molecule has 0 aromatic carbocycles. The molecule has 1 saturated carbocycles. The highest BCUT2D eigenvalue weighted by Crippen LogP contribution is 2.18. The van der Waals surface area contributed by atoms with Gasteiger partial charge in [0.1, 0.15) is 6.04 Å². The fourth-order valence-electron chi connectivity index (χ4n) is 3.24. The molecule has 1 aliphatic carbocycles. The standard InChI is InChI=1S/C19H34N6O5/c1-11(2)18(25-17(29)9-21-15(27)8-20)19(30)22-10-16(28)24-14-6-4-13(5-7-14)23-12(3)26/h11,13-14,18H,4-10,20H2,1-3H3,(H,21,27)(H,22,30)(H,23,26)(H,24,28)(H,25,29)/t13-,14-,18-/m0/s1. The summed E-state index contributed by atoms with van der Waals surface area (Å²) in [6.45, 7) is 4.29. The van der Waals surface area contributed by atoms with Gasteiger partial charge in [0, 0.05) is 19.0 Å². The number of nitrogens with two attached hydrogens (primary N) is 1. The first-order valence-corrected chi connectivity index (χ1v) is 10.2. The summed E-state index contributed by atoms with van der Waals surface area (Å²) in [5.41, 5.74) is 5.15. The van der Waals surface area contributed by atoms with Gasteiger partial charge in [-0.1, -0.05) is 13.8 Å². The highest BCUT2D eigenvalue weighted by atomic mass is 16.2. The van der Waals surface area contributed by atoms with Gasteiger partial charge in [-0.3, -0.25) is 24.0 Å². The number of rotatable bonds is 10. The van der Waals surface area contributed by atoms with Gasteiger partial charge in [-0.2, -0.15) is 0 Å². The molecule has 0 radical (unpaired) electrons. The van der Waals surface area contributed by atoms with Crippen LogP contribution < -0.4 is 32.3 Å². The summed E-state index contributed by atoms with van der Waals surface area (Å²) in [5.74, 6) is -2.06. The van der Waals surface area contributed by atoms with E-state index in [9.17, 15) is 24.0 Å². The fourth-order valence-corrected chi connectivity index (χ4v) is 3.24. The summed E-state index contributed by atoms with van der Waals surface area (Å²) in [5, 5.41) is 13.2. The Labute approximate surface area is 176 Å². The van der Waals surface area contributed by atoms with Crippen molar-refractivity contribution in [2.24, 2.45) is 11.7 Å². The SMILES string of the molecule is CC(=O)N[C@H]1CC[C@H](NC(=O)CNC(=O)[C@@H](NC(=O)CNC(=O)CN)C(C)C)CC1. The van der Waals surface area contributed by atoms with E-state index in [1.54, 1.807) is 13.8 Å². The predicted molar refractivity (Wildman–Crippen MR) is 110 cm³/mol. The number of amides is 5. The van der Waals surface area contributed by atoms with E-state index < -0.39 is 23.8 Å². The zero-order valence-corrected chi connectivity index (χ0v) is 17.9. The van der Waals surface area contributed by atoms with E-state index in [4.69, 9.17) is 5.73 Å². The molecule has 1 atom stereocenters. The second-order valence-electron chi connectivity index (χ2n) is 7.80.